The third kappa shape index (κ3) is 3.79. The summed E-state index contributed by atoms with van der Waals surface area (Å²) < 4.78 is 17.3. The molecule has 0 unspecified atom stereocenters. The highest BCUT2D eigenvalue weighted by molar-refractivity contribution is 7.21. The van der Waals surface area contributed by atoms with Crippen molar-refractivity contribution in [3.05, 3.63) is 35.9 Å². The maximum Gasteiger partial charge on any atom is 0.188 e. The summed E-state index contributed by atoms with van der Waals surface area (Å²) in [6.07, 6.45) is 5.02. The molecule has 34 heavy (non-hydrogen) atoms. The minimum absolute atomic E-state index is 0.197. The van der Waals surface area contributed by atoms with Gasteiger partial charge in [-0.25, -0.2) is 24.3 Å². The molecule has 1 aliphatic rings. The number of aromatic nitrogens is 5. The summed E-state index contributed by atoms with van der Waals surface area (Å²) in [6.45, 7) is 9.91. The summed E-state index contributed by atoms with van der Waals surface area (Å²) in [5.74, 6) is 0.502. The van der Waals surface area contributed by atoms with Gasteiger partial charge in [0.05, 0.1) is 23.5 Å². The number of hydrogen-bond acceptors (Lipinski definition) is 8. The average molecular weight is 479 g/mol. The quantitative estimate of drug-likeness (QED) is 0.470. The van der Waals surface area contributed by atoms with Crippen molar-refractivity contribution in [2.24, 2.45) is 0 Å². The van der Waals surface area contributed by atoms with Crippen LogP contribution in [0.2, 0.25) is 0 Å². The van der Waals surface area contributed by atoms with E-state index in [1.807, 2.05) is 49.5 Å². The second-order valence-corrected chi connectivity index (χ2v) is 11.2. The lowest BCUT2D eigenvalue weighted by Gasteiger charge is -2.51. The fraction of sp³-hybridized carbons (Fsp3) is 0.458. The number of nitriles is 1. The van der Waals surface area contributed by atoms with Gasteiger partial charge in [0, 0.05) is 36.1 Å². The molecule has 5 heterocycles. The number of piperidine rings is 1. The monoisotopic (exact) mass is 478 g/mol. The predicted octanol–water partition coefficient (Wildman–Crippen LogP) is 4.27. The maximum atomic E-state index is 15.5. The largest absolute Gasteiger partial charge is 0.345 e. The van der Waals surface area contributed by atoms with Gasteiger partial charge in [-0.1, -0.05) is 11.3 Å². The van der Waals surface area contributed by atoms with Crippen molar-refractivity contribution >= 4 is 32.5 Å². The van der Waals surface area contributed by atoms with Gasteiger partial charge in [-0.05, 0) is 47.1 Å². The number of thiazole rings is 1. The van der Waals surface area contributed by atoms with Crippen molar-refractivity contribution in [2.45, 2.75) is 64.3 Å². The number of alkyl halides is 1. The van der Waals surface area contributed by atoms with Crippen molar-refractivity contribution in [1.29, 1.82) is 5.26 Å². The topological polar surface area (TPSA) is 95.0 Å². The molecule has 8 nitrogen and oxygen atoms in total. The van der Waals surface area contributed by atoms with Crippen LogP contribution in [-0.2, 0) is 0 Å². The summed E-state index contributed by atoms with van der Waals surface area (Å²) in [4.78, 5) is 21.0. The van der Waals surface area contributed by atoms with E-state index >= 15 is 4.39 Å². The summed E-state index contributed by atoms with van der Waals surface area (Å²) in [5.41, 5.74) is 2.44. The Hall–Kier alpha value is -3.16. The smallest absolute Gasteiger partial charge is 0.188 e. The van der Waals surface area contributed by atoms with E-state index in [9.17, 15) is 5.26 Å². The molecule has 4 aromatic heterocycles. The molecule has 176 valence electrons. The zero-order valence-corrected chi connectivity index (χ0v) is 20.9. The zero-order valence-electron chi connectivity index (χ0n) is 20.1. The number of anilines is 1. The average Bonchev–Trinajstić information content (AvgIpc) is 3.36. The van der Waals surface area contributed by atoms with Gasteiger partial charge in [0.15, 0.2) is 16.6 Å². The van der Waals surface area contributed by atoms with Crippen molar-refractivity contribution in [3.63, 3.8) is 0 Å². The van der Waals surface area contributed by atoms with Crippen LogP contribution < -0.4 is 10.2 Å². The molecule has 10 heteroatoms. The first kappa shape index (κ1) is 22.6. The zero-order chi connectivity index (χ0) is 24.4. The van der Waals surface area contributed by atoms with Crippen LogP contribution in [-0.4, -0.2) is 54.7 Å². The molecule has 5 rings (SSSR count). The van der Waals surface area contributed by atoms with Crippen LogP contribution in [0.3, 0.4) is 0 Å². The molecule has 0 aliphatic carbocycles. The minimum Gasteiger partial charge on any atom is -0.345 e. The Balaban J connectivity index is 1.51. The van der Waals surface area contributed by atoms with Gasteiger partial charge in [0.2, 0.25) is 0 Å². The van der Waals surface area contributed by atoms with Gasteiger partial charge in [0.25, 0.3) is 0 Å². The number of pyridine rings is 1. The second kappa shape index (κ2) is 7.68. The SMILES string of the molecule is Cc1cn2cc(-c3ncc4nc(N(C)[C@@H]5CC(C)(C)NC(C)(C)[C@@H]5F)sc4n3)cc(C#N)c2n1. The molecule has 0 radical (unpaired) electrons. The van der Waals surface area contributed by atoms with E-state index in [0.717, 1.165) is 16.1 Å². The highest BCUT2D eigenvalue weighted by Gasteiger charge is 2.48. The van der Waals surface area contributed by atoms with Crippen molar-refractivity contribution < 1.29 is 4.39 Å². The Morgan fingerprint density at radius 2 is 2.00 bits per heavy atom. The summed E-state index contributed by atoms with van der Waals surface area (Å²) in [5, 5.41) is 13.7. The van der Waals surface area contributed by atoms with Crippen LogP contribution in [0.15, 0.2) is 24.7 Å². The molecule has 1 saturated heterocycles. The third-order valence-electron chi connectivity index (χ3n) is 6.40. The van der Waals surface area contributed by atoms with Crippen LogP contribution in [0, 0.1) is 18.3 Å². The van der Waals surface area contributed by atoms with Crippen molar-refractivity contribution in [1.82, 2.24) is 29.7 Å². The standard InChI is InChI=1S/C24H27FN8S/c1-13-11-33-12-15(7-14(9-26)20(33)28-13)19-27-10-16-21(30-19)34-22(29-16)32(6)17-8-23(2,3)31-24(4,5)18(17)25/h7,10-12,17-18,31H,8H2,1-6H3/t17-,18-/m1/s1. The van der Waals surface area contributed by atoms with Crippen molar-refractivity contribution in [3.8, 4) is 17.5 Å². The summed E-state index contributed by atoms with van der Waals surface area (Å²) in [7, 11) is 1.90. The van der Waals surface area contributed by atoms with Crippen LogP contribution >= 0.6 is 11.3 Å². The fourth-order valence-electron chi connectivity index (χ4n) is 5.01. The summed E-state index contributed by atoms with van der Waals surface area (Å²) in [6, 6.07) is 3.65. The highest BCUT2D eigenvalue weighted by Crippen LogP contribution is 2.37. The minimum atomic E-state index is -1.06. The Labute approximate surface area is 201 Å². The first-order valence-electron chi connectivity index (χ1n) is 11.2. The normalized spacial score (nSPS) is 21.6. The van der Waals surface area contributed by atoms with Gasteiger partial charge < -0.3 is 14.6 Å². The van der Waals surface area contributed by atoms with Crippen molar-refractivity contribution in [2.75, 3.05) is 11.9 Å². The molecule has 1 N–H and O–H groups in total. The molecule has 0 saturated carbocycles. The van der Waals surface area contributed by atoms with Crippen LogP contribution in [0.4, 0.5) is 9.52 Å². The molecule has 0 spiro atoms. The van der Waals surface area contributed by atoms with Gasteiger partial charge >= 0.3 is 0 Å². The Morgan fingerprint density at radius 3 is 2.74 bits per heavy atom. The molecule has 2 atom stereocenters. The van der Waals surface area contributed by atoms with Gasteiger partial charge in [-0.15, -0.1) is 0 Å². The first-order valence-corrected chi connectivity index (χ1v) is 12.0. The van der Waals surface area contributed by atoms with E-state index in [-0.39, 0.29) is 11.6 Å². The van der Waals surface area contributed by atoms with E-state index in [4.69, 9.17) is 9.97 Å². The van der Waals surface area contributed by atoms with Crippen LogP contribution in [0.5, 0.6) is 0 Å². The molecule has 0 aromatic carbocycles. The van der Waals surface area contributed by atoms with Gasteiger partial charge in [-0.2, -0.15) is 5.26 Å². The molecule has 0 bridgehead atoms. The van der Waals surface area contributed by atoms with Crippen LogP contribution in [0.1, 0.15) is 45.4 Å². The van der Waals surface area contributed by atoms with Gasteiger partial charge in [0.1, 0.15) is 22.6 Å². The second-order valence-electron chi connectivity index (χ2n) is 10.3. The number of hydrogen-bond donors (Lipinski definition) is 1. The van der Waals surface area contributed by atoms with E-state index in [0.29, 0.717) is 34.1 Å². The van der Waals surface area contributed by atoms with E-state index in [2.05, 4.69) is 35.2 Å². The maximum absolute atomic E-state index is 15.5. The number of fused-ring (bicyclic) bond motifs is 2. The number of rotatable bonds is 3. The molecular weight excluding hydrogens is 451 g/mol. The Kier molecular flexibility index (Phi) is 5.11. The Morgan fingerprint density at radius 1 is 1.24 bits per heavy atom. The predicted molar refractivity (Wildman–Crippen MR) is 132 cm³/mol. The van der Waals surface area contributed by atoms with E-state index in [1.165, 1.54) is 11.3 Å². The number of halogens is 1. The number of aryl methyl sites for hydroxylation is 1. The Bertz CT molecular complexity index is 1450. The molecule has 1 fully saturated rings. The number of nitrogens with one attached hydrogen (secondary N) is 1. The summed E-state index contributed by atoms with van der Waals surface area (Å²) >= 11 is 1.42. The molecule has 4 aromatic rings. The van der Waals surface area contributed by atoms with E-state index < -0.39 is 11.7 Å². The fourth-order valence-corrected chi connectivity index (χ4v) is 5.95. The number of nitrogens with zero attached hydrogens (tertiary/aromatic N) is 7. The highest BCUT2D eigenvalue weighted by atomic mass is 32.1. The van der Waals surface area contributed by atoms with Gasteiger partial charge in [-0.3, -0.25) is 0 Å². The lowest BCUT2D eigenvalue weighted by Crippen LogP contribution is -2.68. The van der Waals surface area contributed by atoms with E-state index in [1.54, 1.807) is 12.3 Å². The molecular formula is C24H27FN8S. The number of imidazole rings is 1. The van der Waals surface area contributed by atoms with Crippen LogP contribution in [0.25, 0.3) is 27.4 Å². The lowest BCUT2D eigenvalue weighted by atomic mass is 9.77. The third-order valence-corrected chi connectivity index (χ3v) is 7.45. The lowest BCUT2D eigenvalue weighted by molar-refractivity contribution is 0.0568. The molecule has 1 aliphatic heterocycles. The first-order chi connectivity index (χ1) is 16.0. The molecule has 0 amide bonds.